The Kier molecular flexibility index (Phi) is 3.52. The number of amides is 1. The standard InChI is InChI=1S/C13H14N4O/c1-3-12(18)14-8-10-4-6-11(7-5-10)13-15-9(2)16-17-13/h3-7H,1,8H2,2H3,(H,14,18)(H,15,16,17). The van der Waals surface area contributed by atoms with Crippen molar-refractivity contribution in [3.05, 3.63) is 48.3 Å². The van der Waals surface area contributed by atoms with E-state index < -0.39 is 0 Å². The zero-order valence-corrected chi connectivity index (χ0v) is 10.1. The molecule has 0 radical (unpaired) electrons. The molecule has 1 heterocycles. The molecule has 2 N–H and O–H groups in total. The third-order valence-electron chi connectivity index (χ3n) is 2.46. The van der Waals surface area contributed by atoms with Crippen LogP contribution in [0.1, 0.15) is 11.4 Å². The summed E-state index contributed by atoms with van der Waals surface area (Å²) in [6.45, 7) is 5.74. The van der Waals surface area contributed by atoms with Gasteiger partial charge in [-0.3, -0.25) is 9.89 Å². The Balaban J connectivity index is 2.06. The molecule has 0 aliphatic carbocycles. The monoisotopic (exact) mass is 242 g/mol. The lowest BCUT2D eigenvalue weighted by molar-refractivity contribution is -0.116. The van der Waals surface area contributed by atoms with Crippen molar-refractivity contribution in [2.45, 2.75) is 13.5 Å². The van der Waals surface area contributed by atoms with Crippen LogP contribution in [0.3, 0.4) is 0 Å². The number of aromatic nitrogens is 3. The Morgan fingerprint density at radius 1 is 1.44 bits per heavy atom. The van der Waals surface area contributed by atoms with Gasteiger partial charge >= 0.3 is 0 Å². The van der Waals surface area contributed by atoms with Gasteiger partial charge < -0.3 is 5.32 Å². The summed E-state index contributed by atoms with van der Waals surface area (Å²) in [6.07, 6.45) is 1.25. The SMILES string of the molecule is C=CC(=O)NCc1ccc(-c2n[nH]c(C)n2)cc1. The lowest BCUT2D eigenvalue weighted by atomic mass is 10.1. The van der Waals surface area contributed by atoms with E-state index in [4.69, 9.17) is 0 Å². The maximum Gasteiger partial charge on any atom is 0.243 e. The number of aromatic amines is 1. The van der Waals surface area contributed by atoms with E-state index in [1.165, 1.54) is 6.08 Å². The molecule has 1 aromatic heterocycles. The molecule has 2 aromatic rings. The van der Waals surface area contributed by atoms with Gasteiger partial charge in [-0.05, 0) is 18.6 Å². The average Bonchev–Trinajstić information content (AvgIpc) is 2.83. The van der Waals surface area contributed by atoms with Crippen molar-refractivity contribution < 1.29 is 4.79 Å². The van der Waals surface area contributed by atoms with Gasteiger partial charge in [0.25, 0.3) is 0 Å². The van der Waals surface area contributed by atoms with Crippen molar-refractivity contribution in [2.75, 3.05) is 0 Å². The smallest absolute Gasteiger partial charge is 0.243 e. The van der Waals surface area contributed by atoms with Gasteiger partial charge in [0, 0.05) is 12.1 Å². The summed E-state index contributed by atoms with van der Waals surface area (Å²) in [5.74, 6) is 1.28. The molecular formula is C13H14N4O. The number of hydrogen-bond acceptors (Lipinski definition) is 3. The molecule has 5 heteroatoms. The van der Waals surface area contributed by atoms with E-state index in [2.05, 4.69) is 27.1 Å². The van der Waals surface area contributed by atoms with Gasteiger partial charge in [-0.15, -0.1) is 0 Å². The van der Waals surface area contributed by atoms with Crippen molar-refractivity contribution in [3.8, 4) is 11.4 Å². The van der Waals surface area contributed by atoms with E-state index >= 15 is 0 Å². The molecule has 1 amide bonds. The van der Waals surface area contributed by atoms with Gasteiger partial charge in [0.05, 0.1) is 0 Å². The number of rotatable bonds is 4. The second-order valence-electron chi connectivity index (χ2n) is 3.86. The molecular weight excluding hydrogens is 228 g/mol. The molecule has 0 saturated heterocycles. The van der Waals surface area contributed by atoms with E-state index in [1.54, 1.807) is 0 Å². The number of nitrogens with one attached hydrogen (secondary N) is 2. The molecule has 2 rings (SSSR count). The van der Waals surface area contributed by atoms with Gasteiger partial charge in [0.15, 0.2) is 5.82 Å². The van der Waals surface area contributed by atoms with Crippen molar-refractivity contribution >= 4 is 5.91 Å². The van der Waals surface area contributed by atoms with Crippen molar-refractivity contribution in [1.82, 2.24) is 20.5 Å². The number of aryl methyl sites for hydroxylation is 1. The van der Waals surface area contributed by atoms with Crippen LogP contribution in [0.2, 0.25) is 0 Å². The van der Waals surface area contributed by atoms with E-state index in [0.717, 1.165) is 17.0 Å². The summed E-state index contributed by atoms with van der Waals surface area (Å²) in [5.41, 5.74) is 1.96. The first-order valence-electron chi connectivity index (χ1n) is 5.57. The van der Waals surface area contributed by atoms with Crippen molar-refractivity contribution in [3.63, 3.8) is 0 Å². The van der Waals surface area contributed by atoms with E-state index in [1.807, 2.05) is 31.2 Å². The van der Waals surface area contributed by atoms with Crippen molar-refractivity contribution in [2.24, 2.45) is 0 Å². The van der Waals surface area contributed by atoms with Crippen LogP contribution in [-0.4, -0.2) is 21.1 Å². The van der Waals surface area contributed by atoms with Gasteiger partial charge in [0.2, 0.25) is 5.91 Å². The van der Waals surface area contributed by atoms with Gasteiger partial charge in [-0.1, -0.05) is 30.8 Å². The number of carbonyl (C=O) groups is 1. The normalized spacial score (nSPS) is 10.1. The molecule has 0 aliphatic rings. The summed E-state index contributed by atoms with van der Waals surface area (Å²) in [5, 5.41) is 9.60. The quantitative estimate of drug-likeness (QED) is 0.800. The van der Waals surface area contributed by atoms with E-state index in [0.29, 0.717) is 12.4 Å². The summed E-state index contributed by atoms with van der Waals surface area (Å²) in [6, 6.07) is 7.73. The van der Waals surface area contributed by atoms with Crippen LogP contribution in [0.15, 0.2) is 36.9 Å². The molecule has 92 valence electrons. The Morgan fingerprint density at radius 2 is 2.17 bits per heavy atom. The molecule has 18 heavy (non-hydrogen) atoms. The average molecular weight is 242 g/mol. The number of nitrogens with zero attached hydrogens (tertiary/aromatic N) is 2. The first-order chi connectivity index (χ1) is 8.69. The summed E-state index contributed by atoms with van der Waals surface area (Å²) < 4.78 is 0. The predicted octanol–water partition coefficient (Wildman–Crippen LogP) is 1.58. The minimum atomic E-state index is -0.177. The first kappa shape index (κ1) is 12.0. The zero-order chi connectivity index (χ0) is 13.0. The van der Waals surface area contributed by atoms with Gasteiger partial charge in [-0.2, -0.15) is 5.10 Å². The molecule has 0 fully saturated rings. The molecule has 0 atom stereocenters. The molecule has 0 saturated carbocycles. The van der Waals surface area contributed by atoms with Crippen LogP contribution in [0.25, 0.3) is 11.4 Å². The topological polar surface area (TPSA) is 70.7 Å². The maximum atomic E-state index is 11.0. The zero-order valence-electron chi connectivity index (χ0n) is 10.1. The number of hydrogen-bond donors (Lipinski definition) is 2. The van der Waals surface area contributed by atoms with Gasteiger partial charge in [-0.25, -0.2) is 4.98 Å². The van der Waals surface area contributed by atoms with Crippen LogP contribution >= 0.6 is 0 Å². The minimum Gasteiger partial charge on any atom is -0.348 e. The fourth-order valence-electron chi connectivity index (χ4n) is 1.50. The van der Waals surface area contributed by atoms with Crippen LogP contribution in [0.5, 0.6) is 0 Å². The molecule has 5 nitrogen and oxygen atoms in total. The fourth-order valence-corrected chi connectivity index (χ4v) is 1.50. The lowest BCUT2D eigenvalue weighted by Gasteiger charge is -2.03. The van der Waals surface area contributed by atoms with E-state index in [9.17, 15) is 4.79 Å². The summed E-state index contributed by atoms with van der Waals surface area (Å²) in [4.78, 5) is 15.3. The Hall–Kier alpha value is -2.43. The third-order valence-corrected chi connectivity index (χ3v) is 2.46. The fraction of sp³-hybridized carbons (Fsp3) is 0.154. The highest BCUT2D eigenvalue weighted by atomic mass is 16.1. The highest BCUT2D eigenvalue weighted by molar-refractivity contribution is 5.86. The molecule has 0 spiro atoms. The molecule has 0 unspecified atom stereocenters. The number of benzene rings is 1. The lowest BCUT2D eigenvalue weighted by Crippen LogP contribution is -2.19. The molecule has 1 aromatic carbocycles. The Bertz CT molecular complexity index is 557. The molecule has 0 aliphatic heterocycles. The van der Waals surface area contributed by atoms with E-state index in [-0.39, 0.29) is 5.91 Å². The third kappa shape index (κ3) is 2.82. The van der Waals surface area contributed by atoms with Crippen molar-refractivity contribution in [1.29, 1.82) is 0 Å². The summed E-state index contributed by atoms with van der Waals surface area (Å²) in [7, 11) is 0. The second-order valence-corrected chi connectivity index (χ2v) is 3.86. The largest absolute Gasteiger partial charge is 0.348 e. The highest BCUT2D eigenvalue weighted by Crippen LogP contribution is 2.15. The predicted molar refractivity (Wildman–Crippen MR) is 68.6 cm³/mol. The Morgan fingerprint density at radius 3 is 2.72 bits per heavy atom. The van der Waals surface area contributed by atoms with Crippen LogP contribution in [0.4, 0.5) is 0 Å². The maximum absolute atomic E-state index is 11.0. The number of H-pyrrole nitrogens is 1. The Labute approximate surface area is 105 Å². The first-order valence-corrected chi connectivity index (χ1v) is 5.57. The van der Waals surface area contributed by atoms with Gasteiger partial charge in [0.1, 0.15) is 5.82 Å². The van der Waals surface area contributed by atoms with Crippen LogP contribution in [-0.2, 0) is 11.3 Å². The minimum absolute atomic E-state index is 0.177. The van der Waals surface area contributed by atoms with Crippen LogP contribution in [0, 0.1) is 6.92 Å². The second kappa shape index (κ2) is 5.27. The van der Waals surface area contributed by atoms with Crippen LogP contribution < -0.4 is 5.32 Å². The summed E-state index contributed by atoms with van der Waals surface area (Å²) >= 11 is 0. The molecule has 0 bridgehead atoms. The number of carbonyl (C=O) groups excluding carboxylic acids is 1. The highest BCUT2D eigenvalue weighted by Gasteiger charge is 2.03.